The number of hydrogen-bond acceptors (Lipinski definition) is 6. The second-order valence-electron chi connectivity index (χ2n) is 5.31. The van der Waals surface area contributed by atoms with Gasteiger partial charge in [-0.1, -0.05) is 13.3 Å². The van der Waals surface area contributed by atoms with Gasteiger partial charge in [-0.2, -0.15) is 9.57 Å². The van der Waals surface area contributed by atoms with Crippen LogP contribution in [0.1, 0.15) is 19.8 Å². The molecule has 0 saturated carbocycles. The predicted octanol–water partition coefficient (Wildman–Crippen LogP) is -0.329. The van der Waals surface area contributed by atoms with Crippen molar-refractivity contribution in [1.29, 1.82) is 5.26 Å². The van der Waals surface area contributed by atoms with E-state index in [1.54, 1.807) is 0 Å². The lowest BCUT2D eigenvalue weighted by molar-refractivity contribution is 0.156. The van der Waals surface area contributed by atoms with Crippen molar-refractivity contribution in [2.75, 3.05) is 43.9 Å². The Hall–Kier alpha value is -0.690. The molecule has 1 saturated heterocycles. The number of piperazine rings is 1. The molecule has 1 aliphatic heterocycles. The Balaban J connectivity index is 2.58. The predicted molar refractivity (Wildman–Crippen MR) is 81.0 cm³/mol. The van der Waals surface area contributed by atoms with Gasteiger partial charge in [-0.3, -0.25) is 4.90 Å². The molecule has 0 aromatic rings. The van der Waals surface area contributed by atoms with E-state index >= 15 is 0 Å². The first-order valence-electron chi connectivity index (χ1n) is 6.99. The van der Waals surface area contributed by atoms with Crippen molar-refractivity contribution >= 4 is 19.9 Å². The highest BCUT2D eigenvalue weighted by Crippen LogP contribution is 2.13. The quantitative estimate of drug-likeness (QED) is 0.631. The van der Waals surface area contributed by atoms with Crippen LogP contribution in [0.5, 0.6) is 0 Å². The minimum absolute atomic E-state index is 0.170. The molecule has 0 bridgehead atoms. The Morgan fingerprint density at radius 1 is 1.10 bits per heavy atom. The van der Waals surface area contributed by atoms with Crippen LogP contribution in [-0.2, 0) is 19.9 Å². The van der Waals surface area contributed by atoms with Gasteiger partial charge in [0.25, 0.3) is 0 Å². The van der Waals surface area contributed by atoms with E-state index < -0.39 is 19.9 Å². The van der Waals surface area contributed by atoms with Crippen LogP contribution in [0.2, 0.25) is 0 Å². The third-order valence-electron chi connectivity index (χ3n) is 3.53. The highest BCUT2D eigenvalue weighted by atomic mass is 32.2. The lowest BCUT2D eigenvalue weighted by Crippen LogP contribution is -2.52. The van der Waals surface area contributed by atoms with Gasteiger partial charge in [-0.05, 0) is 6.42 Å². The highest BCUT2D eigenvalue weighted by molar-refractivity contribution is 7.93. The van der Waals surface area contributed by atoms with Crippen LogP contribution in [0, 0.1) is 11.3 Å². The summed E-state index contributed by atoms with van der Waals surface area (Å²) in [4.78, 5) is 1.99. The van der Waals surface area contributed by atoms with Crippen LogP contribution in [0.15, 0.2) is 0 Å². The van der Waals surface area contributed by atoms with Crippen LogP contribution in [0.25, 0.3) is 0 Å². The molecule has 1 atom stereocenters. The van der Waals surface area contributed by atoms with Crippen molar-refractivity contribution in [3.63, 3.8) is 0 Å². The molecule has 1 aliphatic rings. The molecule has 1 heterocycles. The van der Waals surface area contributed by atoms with Crippen molar-refractivity contribution in [3.05, 3.63) is 0 Å². The molecular formula is C12H23N3O4S2. The van der Waals surface area contributed by atoms with E-state index in [1.807, 2.05) is 11.8 Å². The molecule has 21 heavy (non-hydrogen) atoms. The molecule has 1 fully saturated rings. The van der Waals surface area contributed by atoms with E-state index in [0.717, 1.165) is 19.1 Å². The molecule has 0 aliphatic carbocycles. The Kier molecular flexibility index (Phi) is 6.59. The summed E-state index contributed by atoms with van der Waals surface area (Å²) < 4.78 is 47.7. The average molecular weight is 337 g/mol. The number of nitrogens with zero attached hydrogens (tertiary/aromatic N) is 3. The largest absolute Gasteiger partial charge is 0.285 e. The van der Waals surface area contributed by atoms with Gasteiger partial charge in [0.1, 0.15) is 9.84 Å². The van der Waals surface area contributed by atoms with Crippen LogP contribution in [0.3, 0.4) is 0 Å². The minimum Gasteiger partial charge on any atom is -0.285 e. The summed E-state index contributed by atoms with van der Waals surface area (Å²) >= 11 is 0. The van der Waals surface area contributed by atoms with E-state index in [9.17, 15) is 16.8 Å². The lowest BCUT2D eigenvalue weighted by Gasteiger charge is -2.36. The number of nitriles is 1. The van der Waals surface area contributed by atoms with Crippen molar-refractivity contribution in [2.45, 2.75) is 25.8 Å². The summed E-state index contributed by atoms with van der Waals surface area (Å²) in [5.41, 5.74) is 0. The third kappa shape index (κ3) is 5.90. The fourth-order valence-electron chi connectivity index (χ4n) is 2.28. The zero-order chi connectivity index (χ0) is 16.1. The van der Waals surface area contributed by atoms with E-state index in [-0.39, 0.29) is 17.5 Å². The maximum atomic E-state index is 12.1. The number of hydrogen-bond donors (Lipinski definition) is 0. The Morgan fingerprint density at radius 3 is 2.10 bits per heavy atom. The van der Waals surface area contributed by atoms with Gasteiger partial charge in [-0.15, -0.1) is 0 Å². The topological polar surface area (TPSA) is 98.5 Å². The normalized spacial score (nSPS) is 20.0. The highest BCUT2D eigenvalue weighted by Gasteiger charge is 2.30. The zero-order valence-corrected chi connectivity index (χ0v) is 14.2. The molecule has 7 nitrogen and oxygen atoms in total. The van der Waals surface area contributed by atoms with Crippen molar-refractivity contribution in [3.8, 4) is 6.07 Å². The molecule has 0 spiro atoms. The lowest BCUT2D eigenvalue weighted by atomic mass is 10.1. The Bertz CT molecular complexity index is 572. The number of sulfonamides is 1. The maximum absolute atomic E-state index is 12.1. The van der Waals surface area contributed by atoms with Crippen molar-refractivity contribution in [2.24, 2.45) is 0 Å². The molecule has 0 aromatic carbocycles. The first-order chi connectivity index (χ1) is 9.69. The molecule has 0 N–H and O–H groups in total. The summed E-state index contributed by atoms with van der Waals surface area (Å²) in [5.74, 6) is -0.728. The van der Waals surface area contributed by atoms with Gasteiger partial charge >= 0.3 is 0 Å². The average Bonchev–Trinajstić information content (AvgIpc) is 2.42. The standard InChI is InChI=1S/C12H23N3O4S2/c1-3-4-12(11-13)14-5-7-15(8-6-14)21(18,19)10-9-20(2,16)17/h12H,3-10H2,1-2H3. The van der Waals surface area contributed by atoms with E-state index in [1.165, 1.54) is 4.31 Å². The van der Waals surface area contributed by atoms with Gasteiger partial charge in [0.05, 0.1) is 23.6 Å². The maximum Gasteiger partial charge on any atom is 0.215 e. The molecule has 9 heteroatoms. The molecule has 1 rings (SSSR count). The van der Waals surface area contributed by atoms with E-state index in [0.29, 0.717) is 26.2 Å². The monoisotopic (exact) mass is 337 g/mol. The Labute approximate surface area is 127 Å². The SMILES string of the molecule is CCCC(C#N)N1CCN(S(=O)(=O)CCS(C)(=O)=O)CC1. The van der Waals surface area contributed by atoms with Gasteiger partial charge in [0, 0.05) is 32.4 Å². The van der Waals surface area contributed by atoms with Gasteiger partial charge in [-0.25, -0.2) is 16.8 Å². The molecule has 0 amide bonds. The molecule has 0 aromatic heterocycles. The smallest absolute Gasteiger partial charge is 0.215 e. The summed E-state index contributed by atoms with van der Waals surface area (Å²) in [6, 6.07) is 2.08. The molecule has 122 valence electrons. The number of sulfone groups is 1. The van der Waals surface area contributed by atoms with E-state index in [4.69, 9.17) is 5.26 Å². The third-order valence-corrected chi connectivity index (χ3v) is 6.61. The Morgan fingerprint density at radius 2 is 1.67 bits per heavy atom. The van der Waals surface area contributed by atoms with Crippen LogP contribution < -0.4 is 0 Å². The van der Waals surface area contributed by atoms with E-state index in [2.05, 4.69) is 6.07 Å². The number of rotatable bonds is 7. The fourth-order valence-corrected chi connectivity index (χ4v) is 5.31. The zero-order valence-electron chi connectivity index (χ0n) is 12.5. The minimum atomic E-state index is -3.54. The second kappa shape index (κ2) is 7.54. The summed E-state index contributed by atoms with van der Waals surface area (Å²) in [5, 5.41) is 9.12. The van der Waals surface area contributed by atoms with Gasteiger partial charge < -0.3 is 0 Å². The van der Waals surface area contributed by atoms with Gasteiger partial charge in [0.15, 0.2) is 0 Å². The van der Waals surface area contributed by atoms with Crippen LogP contribution in [0.4, 0.5) is 0 Å². The fraction of sp³-hybridized carbons (Fsp3) is 0.917. The molecule has 0 radical (unpaired) electrons. The molecule has 1 unspecified atom stereocenters. The summed E-state index contributed by atoms with van der Waals surface area (Å²) in [6.07, 6.45) is 2.71. The first-order valence-corrected chi connectivity index (χ1v) is 10.7. The summed E-state index contributed by atoms with van der Waals surface area (Å²) in [7, 11) is -6.83. The first kappa shape index (κ1) is 18.4. The molecular weight excluding hydrogens is 314 g/mol. The van der Waals surface area contributed by atoms with Crippen molar-refractivity contribution in [1.82, 2.24) is 9.21 Å². The summed E-state index contributed by atoms with van der Waals surface area (Å²) in [6.45, 7) is 3.66. The van der Waals surface area contributed by atoms with Crippen LogP contribution >= 0.6 is 0 Å². The van der Waals surface area contributed by atoms with Crippen LogP contribution in [-0.4, -0.2) is 76.0 Å². The van der Waals surface area contributed by atoms with Gasteiger partial charge in [0.2, 0.25) is 10.0 Å². The second-order valence-corrected chi connectivity index (χ2v) is 9.66. The van der Waals surface area contributed by atoms with Crippen molar-refractivity contribution < 1.29 is 16.8 Å².